The highest BCUT2D eigenvalue weighted by Gasteiger charge is 1.96. The van der Waals surface area contributed by atoms with Crippen molar-refractivity contribution in [1.82, 2.24) is 10.6 Å². The van der Waals surface area contributed by atoms with E-state index in [1.165, 1.54) is 0 Å². The third kappa shape index (κ3) is 7.33. The fourth-order valence-electron chi connectivity index (χ4n) is 0.681. The van der Waals surface area contributed by atoms with Gasteiger partial charge in [-0.1, -0.05) is 13.8 Å². The number of carbonyl (C=O) groups excluding carboxylic acids is 1. The Labute approximate surface area is 68.6 Å². The minimum Gasteiger partial charge on any atom is -0.358 e. The Bertz CT molecular complexity index is 113. The lowest BCUT2D eigenvalue weighted by Gasteiger charge is -2.05. The van der Waals surface area contributed by atoms with Gasteiger partial charge in [0.2, 0.25) is 5.91 Å². The summed E-state index contributed by atoms with van der Waals surface area (Å²) in [5.74, 6) is 0.751. The maximum atomic E-state index is 10.7. The number of amides is 1. The molecular weight excluding hydrogens is 140 g/mol. The zero-order valence-corrected chi connectivity index (χ0v) is 7.61. The van der Waals surface area contributed by atoms with E-state index in [0.717, 1.165) is 13.0 Å². The van der Waals surface area contributed by atoms with Crippen molar-refractivity contribution in [2.75, 3.05) is 20.1 Å². The smallest absolute Gasteiger partial charge is 0.233 e. The fraction of sp³-hybridized carbons (Fsp3) is 0.875. The van der Waals surface area contributed by atoms with Crippen molar-refractivity contribution in [2.24, 2.45) is 5.92 Å². The lowest BCUT2D eigenvalue weighted by Crippen LogP contribution is -2.32. The summed E-state index contributed by atoms with van der Waals surface area (Å²) in [7, 11) is 1.65. The molecule has 66 valence electrons. The van der Waals surface area contributed by atoms with Crippen molar-refractivity contribution in [3.63, 3.8) is 0 Å². The highest BCUT2D eigenvalue weighted by atomic mass is 16.1. The van der Waals surface area contributed by atoms with E-state index in [0.29, 0.717) is 12.5 Å². The Balaban J connectivity index is 3.08. The molecule has 0 rings (SSSR count). The molecule has 0 aliphatic heterocycles. The number of carbonyl (C=O) groups is 1. The van der Waals surface area contributed by atoms with Crippen LogP contribution in [0.2, 0.25) is 0 Å². The number of nitrogens with one attached hydrogen (secondary N) is 2. The molecule has 2 N–H and O–H groups in total. The standard InChI is InChI=1S/C8H18N2O/c1-7(2)4-5-10-6-8(11)9-3/h7,10H,4-6H2,1-3H3,(H,9,11). The third-order valence-corrected chi connectivity index (χ3v) is 1.46. The van der Waals surface area contributed by atoms with E-state index in [9.17, 15) is 4.79 Å². The highest BCUT2D eigenvalue weighted by molar-refractivity contribution is 5.77. The molecule has 0 unspecified atom stereocenters. The molecule has 0 atom stereocenters. The Morgan fingerprint density at radius 1 is 1.45 bits per heavy atom. The van der Waals surface area contributed by atoms with Gasteiger partial charge in [0.15, 0.2) is 0 Å². The quantitative estimate of drug-likeness (QED) is 0.567. The van der Waals surface area contributed by atoms with Gasteiger partial charge in [-0.25, -0.2) is 0 Å². The zero-order chi connectivity index (χ0) is 8.69. The Hall–Kier alpha value is -0.570. The summed E-state index contributed by atoms with van der Waals surface area (Å²) >= 11 is 0. The van der Waals surface area contributed by atoms with Crippen molar-refractivity contribution in [3.05, 3.63) is 0 Å². The zero-order valence-electron chi connectivity index (χ0n) is 7.61. The molecule has 0 aromatic rings. The number of hydrogen-bond donors (Lipinski definition) is 2. The molecule has 0 radical (unpaired) electrons. The molecule has 0 aliphatic rings. The van der Waals surface area contributed by atoms with E-state index in [-0.39, 0.29) is 5.91 Å². The van der Waals surface area contributed by atoms with Crippen LogP contribution in [-0.4, -0.2) is 26.0 Å². The molecule has 0 spiro atoms. The summed E-state index contributed by atoms with van der Waals surface area (Å²) < 4.78 is 0. The number of likely N-dealkylation sites (N-methyl/N-ethyl adjacent to an activating group) is 1. The Morgan fingerprint density at radius 2 is 2.09 bits per heavy atom. The van der Waals surface area contributed by atoms with Crippen LogP contribution in [0.4, 0.5) is 0 Å². The molecule has 0 heterocycles. The topological polar surface area (TPSA) is 41.1 Å². The minimum absolute atomic E-state index is 0.0498. The largest absolute Gasteiger partial charge is 0.358 e. The first-order valence-electron chi connectivity index (χ1n) is 4.08. The summed E-state index contributed by atoms with van der Waals surface area (Å²) in [5.41, 5.74) is 0. The average Bonchev–Trinajstić information content (AvgIpc) is 1.97. The average molecular weight is 158 g/mol. The van der Waals surface area contributed by atoms with Gasteiger partial charge in [0, 0.05) is 7.05 Å². The summed E-state index contributed by atoms with van der Waals surface area (Å²) in [4.78, 5) is 10.7. The number of rotatable bonds is 5. The van der Waals surface area contributed by atoms with Crippen LogP contribution in [0, 0.1) is 5.92 Å². The van der Waals surface area contributed by atoms with Crippen LogP contribution in [0.1, 0.15) is 20.3 Å². The molecule has 0 aromatic heterocycles. The minimum atomic E-state index is 0.0498. The van der Waals surface area contributed by atoms with Gasteiger partial charge in [-0.3, -0.25) is 4.79 Å². The third-order valence-electron chi connectivity index (χ3n) is 1.46. The van der Waals surface area contributed by atoms with Gasteiger partial charge in [-0.15, -0.1) is 0 Å². The van der Waals surface area contributed by atoms with E-state index in [1.807, 2.05) is 0 Å². The molecule has 0 bridgehead atoms. The second-order valence-corrected chi connectivity index (χ2v) is 3.03. The molecule has 0 saturated heterocycles. The second-order valence-electron chi connectivity index (χ2n) is 3.03. The van der Waals surface area contributed by atoms with Crippen molar-refractivity contribution in [1.29, 1.82) is 0 Å². The van der Waals surface area contributed by atoms with Gasteiger partial charge in [0.1, 0.15) is 0 Å². The first kappa shape index (κ1) is 10.4. The molecule has 3 heteroatoms. The van der Waals surface area contributed by atoms with Crippen molar-refractivity contribution in [3.8, 4) is 0 Å². The van der Waals surface area contributed by atoms with Crippen LogP contribution in [-0.2, 0) is 4.79 Å². The van der Waals surface area contributed by atoms with Crippen molar-refractivity contribution < 1.29 is 4.79 Å². The van der Waals surface area contributed by atoms with E-state index >= 15 is 0 Å². The van der Waals surface area contributed by atoms with Crippen LogP contribution in [0.25, 0.3) is 0 Å². The van der Waals surface area contributed by atoms with Crippen LogP contribution >= 0.6 is 0 Å². The Morgan fingerprint density at radius 3 is 2.55 bits per heavy atom. The monoisotopic (exact) mass is 158 g/mol. The highest BCUT2D eigenvalue weighted by Crippen LogP contribution is 1.95. The predicted octanol–water partition coefficient (Wildman–Crippen LogP) is 0.368. The van der Waals surface area contributed by atoms with Gasteiger partial charge in [0.25, 0.3) is 0 Å². The Kier molecular flexibility index (Phi) is 5.84. The van der Waals surface area contributed by atoms with E-state index in [2.05, 4.69) is 24.5 Å². The number of hydrogen-bond acceptors (Lipinski definition) is 2. The van der Waals surface area contributed by atoms with Gasteiger partial charge in [0.05, 0.1) is 6.54 Å². The molecule has 1 amide bonds. The normalized spacial score (nSPS) is 10.2. The molecule has 0 saturated carbocycles. The maximum Gasteiger partial charge on any atom is 0.233 e. The fourth-order valence-corrected chi connectivity index (χ4v) is 0.681. The van der Waals surface area contributed by atoms with Crippen molar-refractivity contribution >= 4 is 5.91 Å². The molecule has 11 heavy (non-hydrogen) atoms. The van der Waals surface area contributed by atoms with E-state index < -0.39 is 0 Å². The lowest BCUT2D eigenvalue weighted by atomic mass is 10.1. The first-order valence-corrected chi connectivity index (χ1v) is 4.08. The summed E-state index contributed by atoms with van der Waals surface area (Å²) in [6, 6.07) is 0. The van der Waals surface area contributed by atoms with Crippen LogP contribution in [0.5, 0.6) is 0 Å². The van der Waals surface area contributed by atoms with Crippen molar-refractivity contribution in [2.45, 2.75) is 20.3 Å². The summed E-state index contributed by atoms with van der Waals surface area (Å²) in [5, 5.41) is 5.61. The van der Waals surface area contributed by atoms with Crippen LogP contribution in [0.3, 0.4) is 0 Å². The molecule has 0 aliphatic carbocycles. The van der Waals surface area contributed by atoms with E-state index in [4.69, 9.17) is 0 Å². The molecule has 0 aromatic carbocycles. The molecule has 3 nitrogen and oxygen atoms in total. The van der Waals surface area contributed by atoms with E-state index in [1.54, 1.807) is 7.05 Å². The van der Waals surface area contributed by atoms with Gasteiger partial charge in [-0.2, -0.15) is 0 Å². The molecular formula is C8H18N2O. The molecule has 0 fully saturated rings. The SMILES string of the molecule is CNC(=O)CNCCC(C)C. The van der Waals surface area contributed by atoms with Gasteiger partial charge in [-0.05, 0) is 18.9 Å². The summed E-state index contributed by atoms with van der Waals surface area (Å²) in [6.07, 6.45) is 1.12. The van der Waals surface area contributed by atoms with Crippen LogP contribution in [0.15, 0.2) is 0 Å². The second kappa shape index (κ2) is 6.16. The lowest BCUT2D eigenvalue weighted by molar-refractivity contribution is -0.119. The van der Waals surface area contributed by atoms with Gasteiger partial charge < -0.3 is 10.6 Å². The predicted molar refractivity (Wildman–Crippen MR) is 46.4 cm³/mol. The maximum absolute atomic E-state index is 10.7. The van der Waals surface area contributed by atoms with Crippen LogP contribution < -0.4 is 10.6 Å². The first-order chi connectivity index (χ1) is 5.16. The van der Waals surface area contributed by atoms with Gasteiger partial charge >= 0.3 is 0 Å². The summed E-state index contributed by atoms with van der Waals surface area (Å²) in [6.45, 7) is 5.69.